The van der Waals surface area contributed by atoms with Crippen LogP contribution in [0.1, 0.15) is 37.3 Å². The van der Waals surface area contributed by atoms with Gasteiger partial charge in [0.05, 0.1) is 0 Å². The molecule has 2 aliphatic rings. The molecule has 6 heteroatoms. The molecule has 0 spiro atoms. The van der Waals surface area contributed by atoms with E-state index in [4.69, 9.17) is 0 Å². The first kappa shape index (κ1) is 16.3. The minimum Gasteiger partial charge on any atom is -0.352 e. The van der Waals surface area contributed by atoms with E-state index in [9.17, 15) is 4.79 Å². The first-order valence-corrected chi connectivity index (χ1v) is 9.21. The van der Waals surface area contributed by atoms with Gasteiger partial charge in [0.15, 0.2) is 0 Å². The van der Waals surface area contributed by atoms with Crippen LogP contribution in [0.15, 0.2) is 43.0 Å². The molecule has 1 saturated carbocycles. The van der Waals surface area contributed by atoms with Crippen molar-refractivity contribution in [2.24, 2.45) is 5.92 Å². The van der Waals surface area contributed by atoms with Gasteiger partial charge in [-0.15, -0.1) is 0 Å². The molecule has 2 atom stereocenters. The number of amides is 1. The number of nitrogens with one attached hydrogen (secondary N) is 1. The number of hydrogen-bond donors (Lipinski definition) is 1. The lowest BCUT2D eigenvalue weighted by molar-refractivity contribution is -0.127. The topological polar surface area (TPSA) is 63.1 Å². The Morgan fingerprint density at radius 3 is 2.80 bits per heavy atom. The molecule has 0 radical (unpaired) electrons. The number of carbonyl (C=O) groups excluding carboxylic acids is 1. The van der Waals surface area contributed by atoms with Crippen molar-refractivity contribution in [3.05, 3.63) is 48.5 Å². The van der Waals surface area contributed by atoms with E-state index in [-0.39, 0.29) is 11.9 Å². The summed E-state index contributed by atoms with van der Waals surface area (Å²) in [5, 5.41) is 7.43. The number of likely N-dealkylation sites (tertiary alicyclic amines) is 1. The Kier molecular flexibility index (Phi) is 4.78. The molecule has 1 N–H and O–H groups in total. The zero-order valence-corrected chi connectivity index (χ0v) is 14.4. The van der Waals surface area contributed by atoms with Crippen molar-refractivity contribution >= 4 is 5.91 Å². The molecule has 1 aliphatic carbocycles. The van der Waals surface area contributed by atoms with Crippen LogP contribution in [-0.4, -0.2) is 44.7 Å². The molecule has 1 aliphatic heterocycles. The zero-order chi connectivity index (χ0) is 17.1. The Bertz CT molecular complexity index is 683. The highest BCUT2D eigenvalue weighted by Gasteiger charge is 2.34. The Hall–Kier alpha value is -2.21. The summed E-state index contributed by atoms with van der Waals surface area (Å²) in [5.41, 5.74) is 1.09. The first-order valence-electron chi connectivity index (χ1n) is 9.21. The van der Waals surface area contributed by atoms with E-state index < -0.39 is 0 Å². The van der Waals surface area contributed by atoms with Gasteiger partial charge in [-0.2, -0.15) is 5.10 Å². The lowest BCUT2D eigenvalue weighted by Gasteiger charge is -2.37. The monoisotopic (exact) mass is 339 g/mol. The number of benzene rings is 1. The summed E-state index contributed by atoms with van der Waals surface area (Å²) < 4.78 is 1.90. The Labute approximate surface area is 148 Å². The predicted molar refractivity (Wildman–Crippen MR) is 94.7 cm³/mol. The van der Waals surface area contributed by atoms with Gasteiger partial charge in [0.25, 0.3) is 0 Å². The average Bonchev–Trinajstić information content (AvgIpc) is 3.29. The third kappa shape index (κ3) is 4.07. The van der Waals surface area contributed by atoms with Crippen LogP contribution < -0.4 is 5.32 Å². The molecule has 25 heavy (non-hydrogen) atoms. The van der Waals surface area contributed by atoms with Gasteiger partial charge >= 0.3 is 0 Å². The van der Waals surface area contributed by atoms with Crippen LogP contribution in [0.2, 0.25) is 0 Å². The van der Waals surface area contributed by atoms with Gasteiger partial charge in [0.1, 0.15) is 18.7 Å². The zero-order valence-electron chi connectivity index (χ0n) is 14.4. The van der Waals surface area contributed by atoms with E-state index in [0.717, 1.165) is 44.5 Å². The van der Waals surface area contributed by atoms with Crippen LogP contribution in [0, 0.1) is 5.92 Å². The lowest BCUT2D eigenvalue weighted by atomic mass is 9.94. The lowest BCUT2D eigenvalue weighted by Crippen LogP contribution is -2.46. The normalized spacial score (nSPS) is 22.5. The summed E-state index contributed by atoms with van der Waals surface area (Å²) in [4.78, 5) is 19.3. The predicted octanol–water partition coefficient (Wildman–Crippen LogP) is 2.01. The molecule has 132 valence electrons. The third-order valence-corrected chi connectivity index (χ3v) is 5.11. The van der Waals surface area contributed by atoms with Crippen LogP contribution >= 0.6 is 0 Å². The molecule has 1 aromatic carbocycles. The van der Waals surface area contributed by atoms with Crippen molar-refractivity contribution in [2.75, 3.05) is 13.1 Å². The quantitative estimate of drug-likeness (QED) is 0.874. The second-order valence-electron chi connectivity index (χ2n) is 7.22. The van der Waals surface area contributed by atoms with Gasteiger partial charge in [-0.25, -0.2) is 4.98 Å². The van der Waals surface area contributed by atoms with Crippen LogP contribution in [0.5, 0.6) is 0 Å². The van der Waals surface area contributed by atoms with Crippen LogP contribution in [0.4, 0.5) is 0 Å². The van der Waals surface area contributed by atoms with Gasteiger partial charge in [-0.05, 0) is 43.7 Å². The molecule has 6 nitrogen and oxygen atoms in total. The van der Waals surface area contributed by atoms with Gasteiger partial charge in [-0.3, -0.25) is 14.4 Å². The van der Waals surface area contributed by atoms with Crippen molar-refractivity contribution in [3.63, 3.8) is 0 Å². The van der Waals surface area contributed by atoms with E-state index in [1.807, 2.05) is 22.9 Å². The maximum absolute atomic E-state index is 12.9. The van der Waals surface area contributed by atoms with E-state index in [1.165, 1.54) is 6.42 Å². The molecular formula is C19H25N5O. The molecule has 1 aromatic heterocycles. The summed E-state index contributed by atoms with van der Waals surface area (Å²) in [5.74, 6) is 0.644. The molecule has 0 bridgehead atoms. The highest BCUT2D eigenvalue weighted by molar-refractivity contribution is 5.83. The molecule has 2 aromatic rings. The van der Waals surface area contributed by atoms with Crippen LogP contribution in [-0.2, 0) is 11.3 Å². The smallest absolute Gasteiger partial charge is 0.242 e. The molecule has 4 rings (SSSR count). The molecule has 0 unspecified atom stereocenters. The molecule has 1 amide bonds. The van der Waals surface area contributed by atoms with Crippen molar-refractivity contribution in [1.29, 1.82) is 0 Å². The minimum atomic E-state index is -0.194. The summed E-state index contributed by atoms with van der Waals surface area (Å²) in [6, 6.07) is 10.4. The Balaban J connectivity index is 1.50. The minimum absolute atomic E-state index is 0.148. The second kappa shape index (κ2) is 7.35. The van der Waals surface area contributed by atoms with Crippen molar-refractivity contribution in [3.8, 4) is 0 Å². The third-order valence-electron chi connectivity index (χ3n) is 5.11. The van der Waals surface area contributed by atoms with Gasteiger partial charge in [-0.1, -0.05) is 30.3 Å². The SMILES string of the molecule is O=C(NC1CC1)[C@@H](c1ccccc1)N1CCC[C@H](Cn2cncn2)C1. The summed E-state index contributed by atoms with van der Waals surface area (Å²) in [7, 11) is 0. The molecule has 2 fully saturated rings. The van der Waals surface area contributed by atoms with Gasteiger partial charge < -0.3 is 5.32 Å². The van der Waals surface area contributed by atoms with Crippen molar-refractivity contribution in [1.82, 2.24) is 25.0 Å². The highest BCUT2D eigenvalue weighted by Crippen LogP contribution is 2.29. The standard InChI is InChI=1S/C19H25N5O/c25-19(22-17-8-9-17)18(16-6-2-1-3-7-16)23-10-4-5-15(11-23)12-24-14-20-13-21-24/h1-3,6-7,13-15,17-18H,4-5,8-12H2,(H,22,25)/t15-,18+/m0/s1. The fourth-order valence-corrected chi connectivity index (χ4v) is 3.74. The van der Waals surface area contributed by atoms with E-state index in [0.29, 0.717) is 12.0 Å². The Morgan fingerprint density at radius 1 is 1.24 bits per heavy atom. The Morgan fingerprint density at radius 2 is 2.08 bits per heavy atom. The number of rotatable bonds is 6. The number of carbonyl (C=O) groups is 1. The summed E-state index contributed by atoms with van der Waals surface area (Å²) in [6.07, 6.45) is 7.86. The number of piperidine rings is 1. The molecule has 1 saturated heterocycles. The van der Waals surface area contributed by atoms with Gasteiger partial charge in [0.2, 0.25) is 5.91 Å². The fraction of sp³-hybridized carbons (Fsp3) is 0.526. The van der Waals surface area contributed by atoms with Crippen LogP contribution in [0.25, 0.3) is 0 Å². The molecular weight excluding hydrogens is 314 g/mol. The average molecular weight is 339 g/mol. The number of nitrogens with zero attached hydrogens (tertiary/aromatic N) is 4. The number of aromatic nitrogens is 3. The number of hydrogen-bond acceptors (Lipinski definition) is 4. The summed E-state index contributed by atoms with van der Waals surface area (Å²) >= 11 is 0. The van der Waals surface area contributed by atoms with Crippen molar-refractivity contribution < 1.29 is 4.79 Å². The molecule has 2 heterocycles. The largest absolute Gasteiger partial charge is 0.352 e. The fourth-order valence-electron chi connectivity index (χ4n) is 3.74. The summed E-state index contributed by atoms with van der Waals surface area (Å²) in [6.45, 7) is 2.74. The van der Waals surface area contributed by atoms with Crippen molar-refractivity contribution in [2.45, 2.75) is 44.3 Å². The van der Waals surface area contributed by atoms with E-state index in [2.05, 4.69) is 32.4 Å². The van der Waals surface area contributed by atoms with Gasteiger partial charge in [0, 0.05) is 19.1 Å². The first-order chi connectivity index (χ1) is 12.3. The van der Waals surface area contributed by atoms with E-state index in [1.54, 1.807) is 12.7 Å². The highest BCUT2D eigenvalue weighted by atomic mass is 16.2. The van der Waals surface area contributed by atoms with Crippen LogP contribution in [0.3, 0.4) is 0 Å². The maximum Gasteiger partial charge on any atom is 0.242 e. The van der Waals surface area contributed by atoms with E-state index >= 15 is 0 Å². The maximum atomic E-state index is 12.9. The second-order valence-corrected chi connectivity index (χ2v) is 7.22.